The molecule has 1 aliphatic rings. The van der Waals surface area contributed by atoms with E-state index in [0.29, 0.717) is 42.2 Å². The minimum absolute atomic E-state index is 0.0943. The lowest BCUT2D eigenvalue weighted by Gasteiger charge is -2.31. The molecule has 26 heavy (non-hydrogen) atoms. The molecule has 0 saturated carbocycles. The van der Waals surface area contributed by atoms with E-state index in [2.05, 4.69) is 21.2 Å². The number of amides is 2. The first kappa shape index (κ1) is 18.9. The third kappa shape index (κ3) is 4.43. The van der Waals surface area contributed by atoms with Crippen molar-refractivity contribution in [2.75, 3.05) is 18.4 Å². The molecule has 4 nitrogen and oxygen atoms in total. The largest absolute Gasteiger partial charge is 0.339 e. The summed E-state index contributed by atoms with van der Waals surface area (Å²) in [5.74, 6) is -0.779. The van der Waals surface area contributed by atoms with E-state index < -0.39 is 0 Å². The number of nitrogens with one attached hydrogen (secondary N) is 1. The van der Waals surface area contributed by atoms with Gasteiger partial charge in [-0.2, -0.15) is 0 Å². The summed E-state index contributed by atoms with van der Waals surface area (Å²) in [5, 5.41) is 3.32. The van der Waals surface area contributed by atoms with Gasteiger partial charge in [-0.3, -0.25) is 9.59 Å². The van der Waals surface area contributed by atoms with Gasteiger partial charge in [0.1, 0.15) is 5.82 Å². The number of carbonyl (C=O) groups is 2. The van der Waals surface area contributed by atoms with Crippen LogP contribution in [0.2, 0.25) is 5.02 Å². The number of hydrogen-bond donors (Lipinski definition) is 1. The Morgan fingerprint density at radius 1 is 1.12 bits per heavy atom. The van der Waals surface area contributed by atoms with Crippen LogP contribution in [-0.4, -0.2) is 29.8 Å². The van der Waals surface area contributed by atoms with Crippen molar-refractivity contribution in [1.29, 1.82) is 0 Å². The van der Waals surface area contributed by atoms with E-state index >= 15 is 0 Å². The second-order valence-corrected chi connectivity index (χ2v) is 7.51. The Hall–Kier alpha value is -1.92. The average Bonchev–Trinajstić information content (AvgIpc) is 2.64. The van der Waals surface area contributed by atoms with Crippen molar-refractivity contribution in [3.8, 4) is 0 Å². The Kier molecular flexibility index (Phi) is 5.94. The van der Waals surface area contributed by atoms with Gasteiger partial charge >= 0.3 is 0 Å². The number of benzene rings is 2. The molecule has 136 valence electrons. The zero-order valence-corrected chi connectivity index (χ0v) is 16.2. The van der Waals surface area contributed by atoms with Crippen LogP contribution in [0, 0.1) is 11.7 Å². The van der Waals surface area contributed by atoms with Gasteiger partial charge in [0.05, 0.1) is 10.7 Å². The highest BCUT2D eigenvalue weighted by atomic mass is 79.9. The Morgan fingerprint density at radius 3 is 2.38 bits per heavy atom. The summed E-state index contributed by atoms with van der Waals surface area (Å²) in [6.45, 7) is 0.977. The van der Waals surface area contributed by atoms with Gasteiger partial charge in [0.2, 0.25) is 5.91 Å². The molecule has 2 aromatic rings. The maximum atomic E-state index is 13.0. The van der Waals surface area contributed by atoms with Gasteiger partial charge in [0.25, 0.3) is 5.91 Å². The highest BCUT2D eigenvalue weighted by molar-refractivity contribution is 9.10. The molecule has 1 fully saturated rings. The molecule has 1 N–H and O–H groups in total. The van der Waals surface area contributed by atoms with Crippen molar-refractivity contribution in [2.24, 2.45) is 5.92 Å². The molecule has 1 heterocycles. The van der Waals surface area contributed by atoms with E-state index in [4.69, 9.17) is 11.6 Å². The zero-order chi connectivity index (χ0) is 18.7. The lowest BCUT2D eigenvalue weighted by atomic mass is 9.95. The molecule has 0 radical (unpaired) electrons. The maximum absolute atomic E-state index is 13.0. The summed E-state index contributed by atoms with van der Waals surface area (Å²) >= 11 is 9.46. The molecule has 1 aliphatic heterocycles. The first-order valence-corrected chi connectivity index (χ1v) is 9.42. The van der Waals surface area contributed by atoms with Crippen molar-refractivity contribution in [1.82, 2.24) is 4.90 Å². The molecule has 7 heteroatoms. The predicted octanol–water partition coefficient (Wildman–Crippen LogP) is 4.73. The Labute approximate surface area is 164 Å². The summed E-state index contributed by atoms with van der Waals surface area (Å²) < 4.78 is 13.8. The summed E-state index contributed by atoms with van der Waals surface area (Å²) in [4.78, 5) is 26.6. The van der Waals surface area contributed by atoms with Crippen molar-refractivity contribution in [2.45, 2.75) is 12.8 Å². The smallest absolute Gasteiger partial charge is 0.253 e. The minimum atomic E-state index is -0.372. The second kappa shape index (κ2) is 8.18. The van der Waals surface area contributed by atoms with Crippen LogP contribution in [-0.2, 0) is 4.79 Å². The molecular weight excluding hydrogens is 423 g/mol. The van der Waals surface area contributed by atoms with Crippen LogP contribution in [0.15, 0.2) is 46.9 Å². The van der Waals surface area contributed by atoms with Gasteiger partial charge in [-0.25, -0.2) is 4.39 Å². The van der Waals surface area contributed by atoms with E-state index in [0.717, 1.165) is 4.47 Å². The van der Waals surface area contributed by atoms with Crippen LogP contribution >= 0.6 is 27.5 Å². The van der Waals surface area contributed by atoms with Gasteiger partial charge < -0.3 is 10.2 Å². The Morgan fingerprint density at radius 2 is 1.77 bits per heavy atom. The quantitative estimate of drug-likeness (QED) is 0.751. The number of hydrogen-bond acceptors (Lipinski definition) is 2. The highest BCUT2D eigenvalue weighted by Crippen LogP contribution is 2.27. The number of carbonyl (C=O) groups excluding carboxylic acids is 2. The number of likely N-dealkylation sites (tertiary alicyclic amines) is 1. The van der Waals surface area contributed by atoms with Crippen LogP contribution < -0.4 is 5.32 Å². The Balaban J connectivity index is 1.56. The molecule has 0 unspecified atom stereocenters. The predicted molar refractivity (Wildman–Crippen MR) is 103 cm³/mol. The third-order valence-corrected chi connectivity index (χ3v) is 5.24. The zero-order valence-electron chi connectivity index (χ0n) is 13.8. The van der Waals surface area contributed by atoms with Crippen molar-refractivity contribution in [3.63, 3.8) is 0 Å². The van der Waals surface area contributed by atoms with Gasteiger partial charge in [-0.05, 0) is 55.3 Å². The third-order valence-electron chi connectivity index (χ3n) is 4.43. The number of nitrogens with zero attached hydrogens (tertiary/aromatic N) is 1. The molecule has 1 saturated heterocycles. The van der Waals surface area contributed by atoms with E-state index in [9.17, 15) is 14.0 Å². The van der Waals surface area contributed by atoms with Gasteiger partial charge in [-0.1, -0.05) is 27.5 Å². The molecule has 0 aromatic heterocycles. The van der Waals surface area contributed by atoms with E-state index in [1.54, 1.807) is 17.0 Å². The van der Waals surface area contributed by atoms with Crippen LogP contribution in [0.3, 0.4) is 0 Å². The topological polar surface area (TPSA) is 49.4 Å². The number of anilines is 1. The van der Waals surface area contributed by atoms with E-state index in [1.165, 1.54) is 24.3 Å². The molecule has 2 aromatic carbocycles. The van der Waals surface area contributed by atoms with Crippen molar-refractivity contribution >= 4 is 45.0 Å². The molecule has 2 amide bonds. The number of halogens is 3. The summed E-state index contributed by atoms with van der Waals surface area (Å²) in [6.07, 6.45) is 1.15. The highest BCUT2D eigenvalue weighted by Gasteiger charge is 2.28. The fraction of sp³-hybridized carbons (Fsp3) is 0.263. The van der Waals surface area contributed by atoms with Crippen LogP contribution in [0.25, 0.3) is 0 Å². The molecule has 0 bridgehead atoms. The normalized spacial score (nSPS) is 15.0. The number of rotatable bonds is 3. The SMILES string of the molecule is O=C(Nc1ccc(Br)cc1Cl)C1CCN(C(=O)c2ccc(F)cc2)CC1. The monoisotopic (exact) mass is 438 g/mol. The minimum Gasteiger partial charge on any atom is -0.339 e. The van der Waals surface area contributed by atoms with Crippen molar-refractivity contribution in [3.05, 3.63) is 63.3 Å². The Bertz CT molecular complexity index is 821. The van der Waals surface area contributed by atoms with Gasteiger partial charge in [0.15, 0.2) is 0 Å². The summed E-state index contributed by atoms with van der Waals surface area (Å²) in [7, 11) is 0. The van der Waals surface area contributed by atoms with Crippen LogP contribution in [0.1, 0.15) is 23.2 Å². The van der Waals surface area contributed by atoms with E-state index in [1.807, 2.05) is 6.07 Å². The van der Waals surface area contributed by atoms with Gasteiger partial charge in [0, 0.05) is 29.0 Å². The average molecular weight is 440 g/mol. The molecular formula is C19H17BrClFN2O2. The van der Waals surface area contributed by atoms with Crippen LogP contribution in [0.4, 0.5) is 10.1 Å². The first-order chi connectivity index (χ1) is 12.4. The molecule has 3 rings (SSSR count). The lowest BCUT2D eigenvalue weighted by Crippen LogP contribution is -2.41. The fourth-order valence-corrected chi connectivity index (χ4v) is 3.67. The summed E-state index contributed by atoms with van der Waals surface area (Å²) in [6, 6.07) is 10.8. The van der Waals surface area contributed by atoms with Gasteiger partial charge in [-0.15, -0.1) is 0 Å². The second-order valence-electron chi connectivity index (χ2n) is 6.19. The van der Waals surface area contributed by atoms with Crippen LogP contribution in [0.5, 0.6) is 0 Å². The maximum Gasteiger partial charge on any atom is 0.253 e. The molecule has 0 aliphatic carbocycles. The lowest BCUT2D eigenvalue weighted by molar-refractivity contribution is -0.121. The first-order valence-electron chi connectivity index (χ1n) is 8.25. The van der Waals surface area contributed by atoms with E-state index in [-0.39, 0.29) is 23.5 Å². The standard InChI is InChI=1S/C19H17BrClFN2O2/c20-14-3-6-17(16(21)11-14)23-18(25)12-7-9-24(10-8-12)19(26)13-1-4-15(22)5-2-13/h1-6,11-12H,7-10H2,(H,23,25). The molecule has 0 atom stereocenters. The summed E-state index contributed by atoms with van der Waals surface area (Å²) in [5.41, 5.74) is 1.03. The number of piperidine rings is 1. The fourth-order valence-electron chi connectivity index (χ4n) is 2.95. The van der Waals surface area contributed by atoms with Crippen molar-refractivity contribution < 1.29 is 14.0 Å². The molecule has 0 spiro atoms.